The second-order valence-corrected chi connectivity index (χ2v) is 20.6. The van der Waals surface area contributed by atoms with E-state index in [1.165, 1.54) is 26.2 Å². The number of nitrogens with zero attached hydrogens (tertiary/aromatic N) is 2. The summed E-state index contributed by atoms with van der Waals surface area (Å²) in [7, 11) is 7.30. The lowest BCUT2D eigenvalue weighted by Gasteiger charge is -2.42. The largest absolute Gasteiger partial charge is 0.460 e. The zero-order valence-corrected chi connectivity index (χ0v) is 44.3. The molecule has 71 heavy (non-hydrogen) atoms. The molecule has 0 radical (unpaired) electrons. The van der Waals surface area contributed by atoms with Crippen LogP contribution in [0.4, 0.5) is 4.79 Å². The highest BCUT2D eigenvalue weighted by Gasteiger charge is 2.53. The van der Waals surface area contributed by atoms with Crippen molar-refractivity contribution in [2.24, 2.45) is 35.5 Å². The highest BCUT2D eigenvalue weighted by atomic mass is 16.7. The molecule has 17 nitrogen and oxygen atoms in total. The molecule has 15 atom stereocenters. The summed E-state index contributed by atoms with van der Waals surface area (Å²) >= 11 is 0. The van der Waals surface area contributed by atoms with Gasteiger partial charge in [-0.25, -0.2) is 9.59 Å². The van der Waals surface area contributed by atoms with Gasteiger partial charge in [-0.3, -0.25) is 24.0 Å². The first-order valence-corrected chi connectivity index (χ1v) is 25.6. The maximum atomic E-state index is 14.5. The first kappa shape index (κ1) is 59.5. The van der Waals surface area contributed by atoms with Gasteiger partial charge in [-0.15, -0.1) is 0 Å². The first-order valence-electron chi connectivity index (χ1n) is 25.6. The fourth-order valence-corrected chi connectivity index (χ4v) is 10.5. The van der Waals surface area contributed by atoms with Gasteiger partial charge in [0.05, 0.1) is 31.5 Å². The number of piperidine rings is 1. The van der Waals surface area contributed by atoms with Crippen LogP contribution in [0.15, 0.2) is 47.6 Å². The van der Waals surface area contributed by atoms with E-state index in [1.54, 1.807) is 41.1 Å². The van der Waals surface area contributed by atoms with Gasteiger partial charge in [-0.2, -0.15) is 5.06 Å². The topological polar surface area (TPSA) is 214 Å². The lowest BCUT2D eigenvalue weighted by atomic mass is 9.78. The molecular weight excluding hydrogens is 917 g/mol. The number of methoxy groups -OCH3 is 3. The number of carbonyl (C=O) groups excluding carboxylic acids is 6. The number of allylic oxidation sites excluding steroid dienone is 6. The lowest BCUT2D eigenvalue weighted by molar-refractivity contribution is -0.265. The van der Waals surface area contributed by atoms with E-state index >= 15 is 0 Å². The first-order chi connectivity index (χ1) is 33.6. The quantitative estimate of drug-likeness (QED) is 0.145. The highest BCUT2D eigenvalue weighted by Crippen LogP contribution is 2.38. The van der Waals surface area contributed by atoms with E-state index in [2.05, 4.69) is 0 Å². The van der Waals surface area contributed by atoms with Gasteiger partial charge in [0, 0.05) is 65.5 Å². The summed E-state index contributed by atoms with van der Waals surface area (Å²) in [6.45, 7) is 12.6. The summed E-state index contributed by atoms with van der Waals surface area (Å²) in [4.78, 5) is 89.8. The summed E-state index contributed by atoms with van der Waals surface area (Å²) in [5, 5.41) is 24.5. The summed E-state index contributed by atoms with van der Waals surface area (Å²) in [6.07, 6.45) is 9.93. The Morgan fingerprint density at radius 1 is 0.887 bits per heavy atom. The van der Waals surface area contributed by atoms with Crippen molar-refractivity contribution in [3.05, 3.63) is 47.6 Å². The number of esters is 1. The molecule has 2 saturated heterocycles. The molecule has 3 heterocycles. The number of hydrogen-bond acceptors (Lipinski definition) is 15. The molecule has 2 bridgehead atoms. The smallest absolute Gasteiger partial charge is 0.434 e. The van der Waals surface area contributed by atoms with Gasteiger partial charge in [-0.1, -0.05) is 71.1 Å². The third-order valence-electron chi connectivity index (χ3n) is 15.2. The van der Waals surface area contributed by atoms with E-state index in [0.29, 0.717) is 64.2 Å². The van der Waals surface area contributed by atoms with Gasteiger partial charge in [-0.05, 0) is 107 Å². The van der Waals surface area contributed by atoms with Crippen molar-refractivity contribution in [3.63, 3.8) is 0 Å². The molecule has 0 aromatic carbocycles. The number of ketones is 3. The number of aliphatic hydroxyl groups is 2. The predicted molar refractivity (Wildman–Crippen MR) is 264 cm³/mol. The summed E-state index contributed by atoms with van der Waals surface area (Å²) in [5.74, 6) is -8.31. The molecule has 4 aliphatic rings. The minimum absolute atomic E-state index is 0.00661. The lowest BCUT2D eigenvalue weighted by Crippen LogP contribution is -2.61. The second kappa shape index (κ2) is 27.8. The van der Waals surface area contributed by atoms with E-state index < -0.39 is 102 Å². The molecule has 1 unspecified atom stereocenters. The molecule has 2 amide bonds. The molecule has 400 valence electrons. The third-order valence-corrected chi connectivity index (χ3v) is 15.2. The Morgan fingerprint density at radius 2 is 1.61 bits per heavy atom. The second-order valence-electron chi connectivity index (χ2n) is 20.6. The number of amides is 2. The standard InChI is InChI=1S/C54H84N2O15/c1-32-18-14-13-15-19-33(2)44(65-9)30-40-23-21-38(7)54(64,71-40)50(60)51(61)56-25-17-16-20-41(56)52(62)69-45(31-42(57)34(3)27-37(6)48(59)49(67-11)47(58)36(5)26-32)35(4)28-39-22-24-43(46(29-39)66-10)70-53(63)55(8)68-12/h13-15,18-19,27,32,35-41,43-46,48-49,59,64H,16-17,20-26,28-31H2,1-12H3/b15-13?,18-14?,33-19?,34-27+/t32-,35-,36-,37?,38-,39+,40+,41+,43-,44+,45+,46-,48-,49+,54-/m1/s1. The molecule has 4 rings (SSSR count). The van der Waals surface area contributed by atoms with E-state index in [-0.39, 0.29) is 48.4 Å². The van der Waals surface area contributed by atoms with Crippen molar-refractivity contribution < 1.29 is 72.2 Å². The van der Waals surface area contributed by atoms with Crippen LogP contribution >= 0.6 is 0 Å². The van der Waals surface area contributed by atoms with Crippen LogP contribution in [0.2, 0.25) is 0 Å². The van der Waals surface area contributed by atoms with Crippen LogP contribution in [0, 0.1) is 35.5 Å². The Morgan fingerprint density at radius 3 is 2.27 bits per heavy atom. The van der Waals surface area contributed by atoms with Gasteiger partial charge >= 0.3 is 12.1 Å². The zero-order valence-electron chi connectivity index (χ0n) is 44.3. The molecule has 1 aliphatic carbocycles. The number of fused-ring (bicyclic) bond motifs is 3. The summed E-state index contributed by atoms with van der Waals surface area (Å²) in [5.41, 5.74) is 1.16. The highest BCUT2D eigenvalue weighted by molar-refractivity contribution is 6.39. The summed E-state index contributed by atoms with van der Waals surface area (Å²) < 4.78 is 35.4. The molecule has 1 saturated carbocycles. The fourth-order valence-electron chi connectivity index (χ4n) is 10.5. The van der Waals surface area contributed by atoms with Crippen molar-refractivity contribution in [2.75, 3.05) is 42.0 Å². The summed E-state index contributed by atoms with van der Waals surface area (Å²) in [6, 6.07) is -1.18. The van der Waals surface area contributed by atoms with Gasteiger partial charge < -0.3 is 43.5 Å². The number of hydroxylamine groups is 2. The van der Waals surface area contributed by atoms with Crippen LogP contribution in [0.25, 0.3) is 0 Å². The van der Waals surface area contributed by atoms with Crippen LogP contribution in [-0.4, -0.2) is 152 Å². The van der Waals surface area contributed by atoms with Gasteiger partial charge in [0.15, 0.2) is 11.6 Å². The number of rotatable bonds is 8. The number of ether oxygens (including phenoxy) is 6. The van der Waals surface area contributed by atoms with Crippen LogP contribution < -0.4 is 0 Å². The molecule has 0 aromatic rings. The van der Waals surface area contributed by atoms with Crippen LogP contribution in [0.3, 0.4) is 0 Å². The van der Waals surface area contributed by atoms with Crippen molar-refractivity contribution in [2.45, 2.75) is 180 Å². The Labute approximate surface area is 421 Å². The maximum Gasteiger partial charge on any atom is 0.434 e. The third kappa shape index (κ3) is 15.9. The minimum atomic E-state index is -2.45. The predicted octanol–water partition coefficient (Wildman–Crippen LogP) is 6.82. The monoisotopic (exact) mass is 1000 g/mol. The van der Waals surface area contributed by atoms with E-state index in [0.717, 1.165) is 10.6 Å². The van der Waals surface area contributed by atoms with Crippen molar-refractivity contribution >= 4 is 35.3 Å². The Balaban J connectivity index is 1.70. The molecule has 2 N–H and O–H groups in total. The number of hydrogen-bond donors (Lipinski definition) is 2. The Bertz CT molecular complexity index is 1950. The average Bonchev–Trinajstić information content (AvgIpc) is 3.35. The van der Waals surface area contributed by atoms with Crippen LogP contribution in [0.1, 0.15) is 126 Å². The van der Waals surface area contributed by atoms with E-state index in [9.17, 15) is 39.0 Å². The molecule has 0 spiro atoms. The Hall–Kier alpha value is -4.10. The van der Waals surface area contributed by atoms with Crippen LogP contribution in [-0.2, 0) is 57.2 Å². The van der Waals surface area contributed by atoms with Gasteiger partial charge in [0.2, 0.25) is 5.79 Å². The fraction of sp³-hybridized carbons (Fsp3) is 0.741. The van der Waals surface area contributed by atoms with Crippen molar-refractivity contribution in [1.82, 2.24) is 9.96 Å². The normalized spacial score (nSPS) is 36.2. The molecule has 3 aliphatic heterocycles. The molecule has 0 aromatic heterocycles. The SMILES string of the molecule is CO[C@H]1C[C@@H]2CC[C@@H](C)[C@@](O)(O2)C(=O)C(=O)N2CCCC[C@H]2C(=O)O[C@H]([C@H](C)C[C@@H]2CC[C@@H](OC(=O)N(C)OC)[C@H](OC)C2)CC(=O)/C(C)=C/C(C)[C@@H](O)[C@@H](OC)C(=O)[C@H](C)C[C@H](C)C=CC=CC=C1C. The maximum absolute atomic E-state index is 14.5. The number of carbonyl (C=O) groups is 6. The van der Waals surface area contributed by atoms with Crippen LogP contribution in [0.5, 0.6) is 0 Å². The van der Waals surface area contributed by atoms with Crippen molar-refractivity contribution in [3.8, 4) is 0 Å². The van der Waals surface area contributed by atoms with E-state index in [4.69, 9.17) is 33.3 Å². The van der Waals surface area contributed by atoms with E-state index in [1.807, 2.05) is 58.1 Å². The number of aliphatic hydroxyl groups excluding tert-OH is 1. The number of cyclic esters (lactones) is 1. The minimum Gasteiger partial charge on any atom is -0.460 e. The Kier molecular flexibility index (Phi) is 23.3. The molecular formula is C54H84N2O15. The average molecular weight is 1000 g/mol. The number of Topliss-reactive ketones (excluding diaryl/α,β-unsaturated/α-hetero) is 3. The van der Waals surface area contributed by atoms with Gasteiger partial charge in [0.1, 0.15) is 24.4 Å². The molecule has 17 heteroatoms. The van der Waals surface area contributed by atoms with Crippen molar-refractivity contribution in [1.29, 1.82) is 0 Å². The molecule has 3 fully saturated rings. The van der Waals surface area contributed by atoms with Gasteiger partial charge in [0.25, 0.3) is 11.7 Å². The zero-order chi connectivity index (χ0) is 52.7.